The average Bonchev–Trinajstić information content (AvgIpc) is 2.46. The SMILES string of the molecule is CCc1ccc(C(O)COC2CCCCC2)cc1. The smallest absolute Gasteiger partial charge is 0.102 e. The fourth-order valence-electron chi connectivity index (χ4n) is 2.53. The Labute approximate surface area is 110 Å². The van der Waals surface area contributed by atoms with E-state index in [1.54, 1.807) is 0 Å². The van der Waals surface area contributed by atoms with Gasteiger partial charge in [0.2, 0.25) is 0 Å². The summed E-state index contributed by atoms with van der Waals surface area (Å²) in [6.45, 7) is 2.56. The van der Waals surface area contributed by atoms with E-state index in [4.69, 9.17) is 4.74 Å². The van der Waals surface area contributed by atoms with Crippen LogP contribution >= 0.6 is 0 Å². The molecule has 0 bridgehead atoms. The normalized spacial score (nSPS) is 18.8. The van der Waals surface area contributed by atoms with Crippen molar-refractivity contribution in [2.75, 3.05) is 6.61 Å². The first kappa shape index (κ1) is 13.6. The van der Waals surface area contributed by atoms with Crippen LogP contribution in [-0.4, -0.2) is 17.8 Å². The van der Waals surface area contributed by atoms with Crippen LogP contribution < -0.4 is 0 Å². The van der Waals surface area contributed by atoms with E-state index in [1.165, 1.54) is 24.8 Å². The zero-order valence-corrected chi connectivity index (χ0v) is 11.3. The van der Waals surface area contributed by atoms with Crippen LogP contribution in [0.1, 0.15) is 56.3 Å². The number of benzene rings is 1. The van der Waals surface area contributed by atoms with Crippen LogP contribution in [0.4, 0.5) is 0 Å². The van der Waals surface area contributed by atoms with E-state index in [-0.39, 0.29) is 0 Å². The first-order valence-corrected chi connectivity index (χ1v) is 7.18. The Kier molecular flexibility index (Phi) is 5.21. The highest BCUT2D eigenvalue weighted by atomic mass is 16.5. The van der Waals surface area contributed by atoms with Crippen molar-refractivity contribution in [3.05, 3.63) is 35.4 Å². The zero-order chi connectivity index (χ0) is 12.8. The molecule has 18 heavy (non-hydrogen) atoms. The first-order chi connectivity index (χ1) is 8.79. The molecule has 2 rings (SSSR count). The van der Waals surface area contributed by atoms with Gasteiger partial charge in [0.1, 0.15) is 6.10 Å². The van der Waals surface area contributed by atoms with Gasteiger partial charge in [-0.1, -0.05) is 50.5 Å². The van der Waals surface area contributed by atoms with E-state index in [2.05, 4.69) is 19.1 Å². The molecule has 1 aromatic rings. The highest BCUT2D eigenvalue weighted by Crippen LogP contribution is 2.22. The molecule has 1 aromatic carbocycles. The summed E-state index contributed by atoms with van der Waals surface area (Å²) in [5.74, 6) is 0. The number of hydrogen-bond acceptors (Lipinski definition) is 2. The predicted molar refractivity (Wildman–Crippen MR) is 73.6 cm³/mol. The van der Waals surface area contributed by atoms with Crippen LogP contribution in [0.3, 0.4) is 0 Å². The van der Waals surface area contributed by atoms with Gasteiger partial charge < -0.3 is 9.84 Å². The molecule has 1 N–H and O–H groups in total. The highest BCUT2D eigenvalue weighted by Gasteiger charge is 2.16. The fourth-order valence-corrected chi connectivity index (χ4v) is 2.53. The number of rotatable bonds is 5. The van der Waals surface area contributed by atoms with E-state index in [0.717, 1.165) is 24.8 Å². The average molecular weight is 248 g/mol. The van der Waals surface area contributed by atoms with Gasteiger partial charge in [-0.05, 0) is 30.4 Å². The maximum Gasteiger partial charge on any atom is 0.102 e. The number of aliphatic hydroxyl groups is 1. The van der Waals surface area contributed by atoms with Crippen LogP contribution in [0.15, 0.2) is 24.3 Å². The Morgan fingerprint density at radius 3 is 2.44 bits per heavy atom. The van der Waals surface area contributed by atoms with Gasteiger partial charge in [-0.15, -0.1) is 0 Å². The second-order valence-corrected chi connectivity index (χ2v) is 5.20. The molecular formula is C16H24O2. The van der Waals surface area contributed by atoms with Crippen LogP contribution in [0.2, 0.25) is 0 Å². The fraction of sp³-hybridized carbons (Fsp3) is 0.625. The summed E-state index contributed by atoms with van der Waals surface area (Å²) in [4.78, 5) is 0. The summed E-state index contributed by atoms with van der Waals surface area (Å²) in [6.07, 6.45) is 7.10. The van der Waals surface area contributed by atoms with Crippen LogP contribution in [-0.2, 0) is 11.2 Å². The predicted octanol–water partition coefficient (Wildman–Crippen LogP) is 3.63. The topological polar surface area (TPSA) is 29.5 Å². The van der Waals surface area contributed by atoms with Gasteiger partial charge in [0.05, 0.1) is 12.7 Å². The Morgan fingerprint density at radius 2 is 1.83 bits per heavy atom. The summed E-state index contributed by atoms with van der Waals surface area (Å²) < 4.78 is 5.81. The summed E-state index contributed by atoms with van der Waals surface area (Å²) >= 11 is 0. The molecule has 1 aliphatic rings. The van der Waals surface area contributed by atoms with Crippen molar-refractivity contribution in [2.45, 2.75) is 57.7 Å². The number of ether oxygens (including phenoxy) is 1. The Morgan fingerprint density at radius 1 is 1.17 bits per heavy atom. The van der Waals surface area contributed by atoms with Crippen molar-refractivity contribution in [3.8, 4) is 0 Å². The molecule has 100 valence electrons. The second-order valence-electron chi connectivity index (χ2n) is 5.20. The molecule has 0 radical (unpaired) electrons. The lowest BCUT2D eigenvalue weighted by atomic mass is 9.98. The van der Waals surface area contributed by atoms with Gasteiger partial charge in [0.15, 0.2) is 0 Å². The van der Waals surface area contributed by atoms with E-state index in [0.29, 0.717) is 12.7 Å². The number of aliphatic hydroxyl groups excluding tert-OH is 1. The molecule has 1 atom stereocenters. The lowest BCUT2D eigenvalue weighted by molar-refractivity contribution is -0.0245. The van der Waals surface area contributed by atoms with Crippen LogP contribution in [0, 0.1) is 0 Å². The molecule has 0 spiro atoms. The monoisotopic (exact) mass is 248 g/mol. The minimum atomic E-state index is -0.488. The largest absolute Gasteiger partial charge is 0.386 e. The minimum absolute atomic E-state index is 0.364. The van der Waals surface area contributed by atoms with Crippen molar-refractivity contribution in [2.24, 2.45) is 0 Å². The molecule has 0 heterocycles. The van der Waals surface area contributed by atoms with E-state index < -0.39 is 6.10 Å². The van der Waals surface area contributed by atoms with Gasteiger partial charge in [0.25, 0.3) is 0 Å². The molecule has 0 aliphatic heterocycles. The zero-order valence-electron chi connectivity index (χ0n) is 11.3. The first-order valence-electron chi connectivity index (χ1n) is 7.18. The minimum Gasteiger partial charge on any atom is -0.386 e. The molecule has 1 fully saturated rings. The van der Waals surface area contributed by atoms with Gasteiger partial charge in [-0.3, -0.25) is 0 Å². The molecule has 2 nitrogen and oxygen atoms in total. The van der Waals surface area contributed by atoms with Crippen molar-refractivity contribution in [3.63, 3.8) is 0 Å². The molecule has 0 saturated heterocycles. The van der Waals surface area contributed by atoms with Gasteiger partial charge >= 0.3 is 0 Å². The van der Waals surface area contributed by atoms with Gasteiger partial charge in [0, 0.05) is 0 Å². The van der Waals surface area contributed by atoms with Crippen molar-refractivity contribution in [1.29, 1.82) is 0 Å². The van der Waals surface area contributed by atoms with Crippen molar-refractivity contribution >= 4 is 0 Å². The summed E-state index contributed by atoms with van der Waals surface area (Å²) in [5, 5.41) is 10.1. The Bertz CT molecular complexity index is 339. The quantitative estimate of drug-likeness (QED) is 0.862. The molecule has 0 aromatic heterocycles. The Hall–Kier alpha value is -0.860. The van der Waals surface area contributed by atoms with Crippen LogP contribution in [0.5, 0.6) is 0 Å². The van der Waals surface area contributed by atoms with Gasteiger partial charge in [-0.25, -0.2) is 0 Å². The molecule has 2 heteroatoms. The van der Waals surface area contributed by atoms with E-state index >= 15 is 0 Å². The lowest BCUT2D eigenvalue weighted by Gasteiger charge is -2.23. The second kappa shape index (κ2) is 6.91. The van der Waals surface area contributed by atoms with Crippen LogP contribution in [0.25, 0.3) is 0 Å². The van der Waals surface area contributed by atoms with E-state index in [9.17, 15) is 5.11 Å². The van der Waals surface area contributed by atoms with E-state index in [1.807, 2.05) is 12.1 Å². The molecule has 1 aliphatic carbocycles. The molecule has 0 amide bonds. The summed E-state index contributed by atoms with van der Waals surface area (Å²) in [7, 11) is 0. The maximum atomic E-state index is 10.1. The molecule has 1 saturated carbocycles. The summed E-state index contributed by atoms with van der Waals surface area (Å²) in [5.41, 5.74) is 2.27. The molecular weight excluding hydrogens is 224 g/mol. The molecule has 1 unspecified atom stereocenters. The summed E-state index contributed by atoms with van der Waals surface area (Å²) in [6, 6.07) is 8.18. The standard InChI is InChI=1S/C16H24O2/c1-2-13-8-10-14(11-9-13)16(17)12-18-15-6-4-3-5-7-15/h8-11,15-17H,2-7,12H2,1H3. The van der Waals surface area contributed by atoms with Gasteiger partial charge in [-0.2, -0.15) is 0 Å². The highest BCUT2D eigenvalue weighted by molar-refractivity contribution is 5.24. The third kappa shape index (κ3) is 3.82. The number of hydrogen-bond donors (Lipinski definition) is 1. The Balaban J connectivity index is 1.80. The third-order valence-electron chi connectivity index (χ3n) is 3.81. The van der Waals surface area contributed by atoms with Crippen molar-refractivity contribution in [1.82, 2.24) is 0 Å². The maximum absolute atomic E-state index is 10.1. The van der Waals surface area contributed by atoms with Crippen molar-refractivity contribution < 1.29 is 9.84 Å². The number of aryl methyl sites for hydroxylation is 1. The lowest BCUT2D eigenvalue weighted by Crippen LogP contribution is -2.20. The third-order valence-corrected chi connectivity index (χ3v) is 3.81.